The fourth-order valence-electron chi connectivity index (χ4n) is 2.20. The summed E-state index contributed by atoms with van der Waals surface area (Å²) in [5.74, 6) is 1.89. The van der Waals surface area contributed by atoms with E-state index in [-0.39, 0.29) is 0 Å². The monoisotopic (exact) mass is 208 g/mol. The van der Waals surface area contributed by atoms with E-state index in [1.54, 1.807) is 0 Å². The summed E-state index contributed by atoms with van der Waals surface area (Å²) in [6.45, 7) is 4.31. The van der Waals surface area contributed by atoms with Crippen LogP contribution < -0.4 is 5.73 Å². The zero-order valence-electron chi connectivity index (χ0n) is 9.39. The molecule has 0 amide bonds. The highest BCUT2D eigenvalue weighted by Gasteiger charge is 2.20. The van der Waals surface area contributed by atoms with Gasteiger partial charge in [0.25, 0.3) is 0 Å². The van der Waals surface area contributed by atoms with Crippen molar-refractivity contribution in [3.63, 3.8) is 0 Å². The number of hydrogen-bond acceptors (Lipinski definition) is 3. The number of nitrogens with zero attached hydrogens (tertiary/aromatic N) is 3. The topological polar surface area (TPSA) is 47.1 Å². The third-order valence-corrected chi connectivity index (χ3v) is 3.28. The van der Waals surface area contributed by atoms with Crippen LogP contribution in [0.2, 0.25) is 0 Å². The van der Waals surface area contributed by atoms with E-state index in [1.165, 1.54) is 25.3 Å². The van der Waals surface area contributed by atoms with E-state index in [4.69, 9.17) is 5.73 Å². The van der Waals surface area contributed by atoms with Crippen molar-refractivity contribution in [2.24, 2.45) is 18.7 Å². The van der Waals surface area contributed by atoms with Crippen molar-refractivity contribution in [1.82, 2.24) is 14.5 Å². The predicted octanol–water partition coefficient (Wildman–Crippen LogP) is 0.243. The Balaban J connectivity index is 1.77. The highest BCUT2D eigenvalue weighted by Crippen LogP contribution is 2.14. The van der Waals surface area contributed by atoms with Crippen LogP contribution in [-0.4, -0.2) is 40.6 Å². The van der Waals surface area contributed by atoms with Crippen molar-refractivity contribution < 1.29 is 0 Å². The Hall–Kier alpha value is -0.870. The van der Waals surface area contributed by atoms with Crippen molar-refractivity contribution in [3.8, 4) is 0 Å². The Morgan fingerprint density at radius 1 is 1.60 bits per heavy atom. The largest absolute Gasteiger partial charge is 0.338 e. The highest BCUT2D eigenvalue weighted by atomic mass is 15.2. The summed E-state index contributed by atoms with van der Waals surface area (Å²) in [7, 11) is 2.05. The lowest BCUT2D eigenvalue weighted by Crippen LogP contribution is -2.25. The maximum Gasteiger partial charge on any atom is 0.109 e. The molecule has 0 bridgehead atoms. The molecule has 1 atom stereocenters. The average Bonchev–Trinajstić information content (AvgIpc) is 2.84. The quantitative estimate of drug-likeness (QED) is 0.771. The van der Waals surface area contributed by atoms with Crippen molar-refractivity contribution in [1.29, 1.82) is 0 Å². The number of aryl methyl sites for hydroxylation is 1. The van der Waals surface area contributed by atoms with Crippen molar-refractivity contribution in [2.45, 2.75) is 12.8 Å². The molecule has 1 aliphatic heterocycles. The number of rotatable bonds is 4. The number of aromatic nitrogens is 2. The van der Waals surface area contributed by atoms with E-state index in [1.807, 2.05) is 12.4 Å². The molecular formula is C11H20N4. The Kier molecular flexibility index (Phi) is 3.38. The van der Waals surface area contributed by atoms with E-state index in [9.17, 15) is 0 Å². The molecule has 0 spiro atoms. The average molecular weight is 208 g/mol. The van der Waals surface area contributed by atoms with Crippen LogP contribution in [0, 0.1) is 5.92 Å². The molecule has 0 saturated carbocycles. The van der Waals surface area contributed by atoms with Gasteiger partial charge in [-0.25, -0.2) is 4.98 Å². The van der Waals surface area contributed by atoms with Crippen molar-refractivity contribution in [2.75, 3.05) is 26.2 Å². The van der Waals surface area contributed by atoms with Gasteiger partial charge in [-0.15, -0.1) is 0 Å². The lowest BCUT2D eigenvalue weighted by atomic mass is 10.1. The SMILES string of the molecule is Cn1ccnc1CCN1CCC(CN)C1. The molecule has 4 heteroatoms. The molecule has 1 unspecified atom stereocenters. The van der Waals surface area contributed by atoms with Crippen LogP contribution in [-0.2, 0) is 13.5 Å². The molecule has 0 aliphatic carbocycles. The fourth-order valence-corrected chi connectivity index (χ4v) is 2.20. The lowest BCUT2D eigenvalue weighted by Gasteiger charge is -2.15. The second-order valence-corrected chi connectivity index (χ2v) is 4.40. The number of imidazole rings is 1. The van der Waals surface area contributed by atoms with Gasteiger partial charge in [0.05, 0.1) is 0 Å². The molecule has 2 N–H and O–H groups in total. The number of nitrogens with two attached hydrogens (primary N) is 1. The van der Waals surface area contributed by atoms with E-state index in [2.05, 4.69) is 21.5 Å². The van der Waals surface area contributed by atoms with E-state index >= 15 is 0 Å². The van der Waals surface area contributed by atoms with Gasteiger partial charge in [0.2, 0.25) is 0 Å². The maximum absolute atomic E-state index is 5.67. The van der Waals surface area contributed by atoms with Crippen LogP contribution in [0.3, 0.4) is 0 Å². The Morgan fingerprint density at radius 2 is 2.47 bits per heavy atom. The van der Waals surface area contributed by atoms with Crippen LogP contribution >= 0.6 is 0 Å². The minimum atomic E-state index is 0.714. The summed E-state index contributed by atoms with van der Waals surface area (Å²) >= 11 is 0. The van der Waals surface area contributed by atoms with Crippen LogP contribution in [0.15, 0.2) is 12.4 Å². The Bertz CT molecular complexity index is 307. The molecule has 4 nitrogen and oxygen atoms in total. The van der Waals surface area contributed by atoms with Gasteiger partial charge < -0.3 is 15.2 Å². The summed E-state index contributed by atoms with van der Waals surface area (Å²) < 4.78 is 2.09. The van der Waals surface area contributed by atoms with Gasteiger partial charge in [-0.3, -0.25) is 0 Å². The molecule has 15 heavy (non-hydrogen) atoms. The van der Waals surface area contributed by atoms with E-state index < -0.39 is 0 Å². The van der Waals surface area contributed by atoms with Gasteiger partial charge in [-0.05, 0) is 25.4 Å². The van der Waals surface area contributed by atoms with E-state index in [0.29, 0.717) is 5.92 Å². The first-order valence-electron chi connectivity index (χ1n) is 5.68. The third kappa shape index (κ3) is 2.58. The predicted molar refractivity (Wildman–Crippen MR) is 60.5 cm³/mol. The molecule has 1 saturated heterocycles. The van der Waals surface area contributed by atoms with Crippen molar-refractivity contribution in [3.05, 3.63) is 18.2 Å². The molecule has 2 rings (SSSR count). The molecule has 0 radical (unpaired) electrons. The molecule has 0 aromatic carbocycles. The Morgan fingerprint density at radius 3 is 3.07 bits per heavy atom. The summed E-state index contributed by atoms with van der Waals surface area (Å²) in [5, 5.41) is 0. The summed E-state index contributed by atoms with van der Waals surface area (Å²) in [6, 6.07) is 0. The molecule has 1 aromatic rings. The molecule has 1 aliphatic rings. The van der Waals surface area contributed by atoms with Gasteiger partial charge in [0, 0.05) is 39.0 Å². The normalized spacial score (nSPS) is 22.4. The first-order chi connectivity index (χ1) is 7.29. The first kappa shape index (κ1) is 10.6. The maximum atomic E-state index is 5.67. The third-order valence-electron chi connectivity index (χ3n) is 3.28. The van der Waals surface area contributed by atoms with Crippen LogP contribution in [0.5, 0.6) is 0 Å². The summed E-state index contributed by atoms with van der Waals surface area (Å²) in [5.41, 5.74) is 5.67. The fraction of sp³-hybridized carbons (Fsp3) is 0.727. The second-order valence-electron chi connectivity index (χ2n) is 4.40. The van der Waals surface area contributed by atoms with Crippen LogP contribution in [0.4, 0.5) is 0 Å². The Labute approximate surface area is 91.1 Å². The first-order valence-corrected chi connectivity index (χ1v) is 5.68. The highest BCUT2D eigenvalue weighted by molar-refractivity contribution is 4.92. The molecule has 2 heterocycles. The molecular weight excluding hydrogens is 188 g/mol. The standard InChI is InChI=1S/C11H20N4/c1-14-7-4-13-11(14)3-6-15-5-2-10(8-12)9-15/h4,7,10H,2-3,5-6,8-9,12H2,1H3. The van der Waals surface area contributed by atoms with Crippen LogP contribution in [0.1, 0.15) is 12.2 Å². The van der Waals surface area contributed by atoms with Gasteiger partial charge in [0.15, 0.2) is 0 Å². The van der Waals surface area contributed by atoms with Gasteiger partial charge in [-0.2, -0.15) is 0 Å². The van der Waals surface area contributed by atoms with Gasteiger partial charge >= 0.3 is 0 Å². The van der Waals surface area contributed by atoms with Gasteiger partial charge in [-0.1, -0.05) is 0 Å². The smallest absolute Gasteiger partial charge is 0.109 e. The van der Waals surface area contributed by atoms with Gasteiger partial charge in [0.1, 0.15) is 5.82 Å². The van der Waals surface area contributed by atoms with Crippen LogP contribution in [0.25, 0.3) is 0 Å². The number of hydrogen-bond donors (Lipinski definition) is 1. The minimum absolute atomic E-state index is 0.714. The molecule has 1 aromatic heterocycles. The van der Waals surface area contributed by atoms with E-state index in [0.717, 1.165) is 19.5 Å². The summed E-state index contributed by atoms with van der Waals surface area (Å²) in [4.78, 5) is 6.82. The zero-order valence-corrected chi connectivity index (χ0v) is 9.39. The summed E-state index contributed by atoms with van der Waals surface area (Å²) in [6.07, 6.45) is 6.17. The number of likely N-dealkylation sites (tertiary alicyclic amines) is 1. The van der Waals surface area contributed by atoms with Crippen molar-refractivity contribution >= 4 is 0 Å². The lowest BCUT2D eigenvalue weighted by molar-refractivity contribution is 0.326. The molecule has 84 valence electrons. The molecule has 1 fully saturated rings. The minimum Gasteiger partial charge on any atom is -0.338 e. The zero-order chi connectivity index (χ0) is 10.7. The second kappa shape index (κ2) is 4.77.